The Hall–Kier alpha value is -1.75. The first kappa shape index (κ1) is 21.1. The molecule has 5 heteroatoms. The van der Waals surface area contributed by atoms with Crippen LogP contribution in [0.2, 0.25) is 0 Å². The van der Waals surface area contributed by atoms with Crippen molar-refractivity contribution in [3.05, 3.63) is 23.8 Å². The predicted molar refractivity (Wildman–Crippen MR) is 121 cm³/mol. The predicted octanol–water partition coefficient (Wildman–Crippen LogP) is 3.95. The minimum Gasteiger partial charge on any atom is -0.486 e. The molecule has 1 aromatic rings. The molecule has 0 aromatic heterocycles. The molecular formula is C26H38N2O3. The highest BCUT2D eigenvalue weighted by molar-refractivity contribution is 5.83. The van der Waals surface area contributed by atoms with Crippen LogP contribution in [-0.2, 0) is 11.2 Å². The summed E-state index contributed by atoms with van der Waals surface area (Å²) in [5, 5.41) is 6.69. The molecule has 2 N–H and O–H groups in total. The smallest absolute Gasteiger partial charge is 0.226 e. The minimum absolute atomic E-state index is 0.000606. The van der Waals surface area contributed by atoms with E-state index in [4.69, 9.17) is 9.47 Å². The second kappa shape index (κ2) is 8.65. The molecule has 0 radical (unpaired) electrons. The van der Waals surface area contributed by atoms with E-state index >= 15 is 0 Å². The quantitative estimate of drug-likeness (QED) is 0.618. The van der Waals surface area contributed by atoms with E-state index in [2.05, 4.69) is 36.6 Å². The molecule has 4 saturated carbocycles. The van der Waals surface area contributed by atoms with E-state index in [1.807, 2.05) is 6.07 Å². The summed E-state index contributed by atoms with van der Waals surface area (Å²) < 4.78 is 12.1. The Labute approximate surface area is 186 Å². The molecule has 4 aliphatic carbocycles. The van der Waals surface area contributed by atoms with Crippen LogP contribution < -0.4 is 20.1 Å². The van der Waals surface area contributed by atoms with Crippen LogP contribution in [0.25, 0.3) is 0 Å². The number of carbonyl (C=O) groups excluding carboxylic acids is 1. The molecule has 1 unspecified atom stereocenters. The molecule has 1 atom stereocenters. The molecule has 5 aliphatic rings. The molecule has 1 aliphatic heterocycles. The number of rotatable bonds is 8. The van der Waals surface area contributed by atoms with E-state index in [-0.39, 0.29) is 11.5 Å². The van der Waals surface area contributed by atoms with Gasteiger partial charge in [-0.25, -0.2) is 0 Å². The molecule has 1 amide bonds. The van der Waals surface area contributed by atoms with Crippen molar-refractivity contribution in [3.63, 3.8) is 0 Å². The normalized spacial score (nSPS) is 33.0. The van der Waals surface area contributed by atoms with Crippen molar-refractivity contribution in [2.75, 3.05) is 26.2 Å². The SMILES string of the molecule is CC(C)Cc1ccc2c(c1)OC(CNCCNC(=O)C13CC4CC(CC(C4)C1)C3)CO2. The highest BCUT2D eigenvalue weighted by Gasteiger charge is 2.54. The van der Waals surface area contributed by atoms with Crippen molar-refractivity contribution in [1.29, 1.82) is 0 Å². The zero-order valence-electron chi connectivity index (χ0n) is 19.1. The van der Waals surface area contributed by atoms with Crippen molar-refractivity contribution < 1.29 is 14.3 Å². The van der Waals surface area contributed by atoms with Crippen LogP contribution in [0.4, 0.5) is 0 Å². The van der Waals surface area contributed by atoms with Crippen LogP contribution in [0.5, 0.6) is 11.5 Å². The zero-order valence-corrected chi connectivity index (χ0v) is 19.1. The van der Waals surface area contributed by atoms with Gasteiger partial charge < -0.3 is 20.1 Å². The number of hydrogen-bond donors (Lipinski definition) is 2. The summed E-state index contributed by atoms with van der Waals surface area (Å²) in [5.41, 5.74) is 1.24. The van der Waals surface area contributed by atoms with Gasteiger partial charge in [0.2, 0.25) is 5.91 Å². The average Bonchev–Trinajstić information content (AvgIpc) is 2.71. The van der Waals surface area contributed by atoms with E-state index in [1.165, 1.54) is 24.8 Å². The van der Waals surface area contributed by atoms with Gasteiger partial charge in [-0.3, -0.25) is 4.79 Å². The molecule has 4 fully saturated rings. The molecule has 6 rings (SSSR count). The maximum atomic E-state index is 13.0. The Morgan fingerprint density at radius 2 is 1.77 bits per heavy atom. The number of amides is 1. The van der Waals surface area contributed by atoms with Crippen LogP contribution >= 0.6 is 0 Å². The van der Waals surface area contributed by atoms with Crippen LogP contribution in [0, 0.1) is 29.1 Å². The Morgan fingerprint density at radius 3 is 2.45 bits per heavy atom. The van der Waals surface area contributed by atoms with E-state index in [0.717, 1.165) is 68.0 Å². The number of fused-ring (bicyclic) bond motifs is 1. The molecule has 31 heavy (non-hydrogen) atoms. The molecule has 1 aromatic carbocycles. The van der Waals surface area contributed by atoms with Gasteiger partial charge in [-0.05, 0) is 86.3 Å². The molecule has 0 saturated heterocycles. The maximum absolute atomic E-state index is 13.0. The van der Waals surface area contributed by atoms with E-state index in [9.17, 15) is 4.79 Å². The van der Waals surface area contributed by atoms with Gasteiger partial charge in [0.1, 0.15) is 12.7 Å². The second-order valence-electron chi connectivity index (χ2n) is 11.1. The fourth-order valence-corrected chi connectivity index (χ4v) is 6.96. The molecule has 5 nitrogen and oxygen atoms in total. The Balaban J connectivity index is 1.05. The molecular weight excluding hydrogens is 388 g/mol. The summed E-state index contributed by atoms with van der Waals surface area (Å²) in [5.74, 6) is 5.05. The van der Waals surface area contributed by atoms with Crippen molar-refractivity contribution in [1.82, 2.24) is 10.6 Å². The summed E-state index contributed by atoms with van der Waals surface area (Å²) >= 11 is 0. The maximum Gasteiger partial charge on any atom is 0.226 e. The van der Waals surface area contributed by atoms with Crippen LogP contribution in [-0.4, -0.2) is 38.3 Å². The summed E-state index contributed by atoms with van der Waals surface area (Å²) in [7, 11) is 0. The lowest BCUT2D eigenvalue weighted by molar-refractivity contribution is -0.146. The number of ether oxygens (including phenoxy) is 2. The van der Waals surface area contributed by atoms with Gasteiger partial charge in [-0.15, -0.1) is 0 Å². The fourth-order valence-electron chi connectivity index (χ4n) is 6.96. The highest BCUT2D eigenvalue weighted by Crippen LogP contribution is 2.60. The first-order chi connectivity index (χ1) is 15.0. The molecule has 0 spiro atoms. The van der Waals surface area contributed by atoms with Crippen LogP contribution in [0.3, 0.4) is 0 Å². The molecule has 4 bridgehead atoms. The van der Waals surface area contributed by atoms with E-state index < -0.39 is 0 Å². The molecule has 1 heterocycles. The standard InChI is InChI=1S/C26H38N2O3/c1-17(2)7-18-3-4-23-24(11-18)31-22(16-30-23)15-27-5-6-28-25(29)26-12-19-8-20(13-26)10-21(9-19)14-26/h3-4,11,17,19-22,27H,5-10,12-16H2,1-2H3,(H,28,29). The Bertz CT molecular complexity index is 771. The third-order valence-electron chi connectivity index (χ3n) is 7.85. The Morgan fingerprint density at radius 1 is 1.06 bits per heavy atom. The summed E-state index contributed by atoms with van der Waals surface area (Å²) in [6, 6.07) is 6.27. The third-order valence-corrected chi connectivity index (χ3v) is 7.85. The highest BCUT2D eigenvalue weighted by atomic mass is 16.6. The van der Waals surface area contributed by atoms with Crippen LogP contribution in [0.1, 0.15) is 57.9 Å². The summed E-state index contributed by atoms with van der Waals surface area (Å²) in [6.45, 7) is 7.18. The van der Waals surface area contributed by atoms with Gasteiger partial charge in [0.15, 0.2) is 11.5 Å². The second-order valence-corrected chi connectivity index (χ2v) is 11.1. The molecule has 170 valence electrons. The van der Waals surface area contributed by atoms with E-state index in [1.54, 1.807) is 0 Å². The lowest BCUT2D eigenvalue weighted by Gasteiger charge is -2.55. The summed E-state index contributed by atoms with van der Waals surface area (Å²) in [6.07, 6.45) is 8.56. The van der Waals surface area contributed by atoms with Crippen LogP contribution in [0.15, 0.2) is 18.2 Å². The third kappa shape index (κ3) is 4.57. The number of benzene rings is 1. The Kier molecular flexibility index (Phi) is 5.89. The van der Waals surface area contributed by atoms with Crippen molar-refractivity contribution in [2.45, 2.75) is 64.9 Å². The monoisotopic (exact) mass is 426 g/mol. The first-order valence-corrected chi connectivity index (χ1v) is 12.4. The number of nitrogens with one attached hydrogen (secondary N) is 2. The van der Waals surface area contributed by atoms with Gasteiger partial charge in [0.05, 0.1) is 0 Å². The lowest BCUT2D eigenvalue weighted by atomic mass is 9.49. The van der Waals surface area contributed by atoms with Gasteiger partial charge >= 0.3 is 0 Å². The number of carbonyl (C=O) groups is 1. The zero-order chi connectivity index (χ0) is 21.4. The van der Waals surface area contributed by atoms with Gasteiger partial charge in [0.25, 0.3) is 0 Å². The minimum atomic E-state index is -0.0491. The van der Waals surface area contributed by atoms with Gasteiger partial charge in [-0.2, -0.15) is 0 Å². The fraction of sp³-hybridized carbons (Fsp3) is 0.731. The first-order valence-electron chi connectivity index (χ1n) is 12.4. The lowest BCUT2D eigenvalue weighted by Crippen LogP contribution is -2.54. The van der Waals surface area contributed by atoms with Gasteiger partial charge in [-0.1, -0.05) is 19.9 Å². The summed E-state index contributed by atoms with van der Waals surface area (Å²) in [4.78, 5) is 13.0. The van der Waals surface area contributed by atoms with Gasteiger partial charge in [0, 0.05) is 25.0 Å². The van der Waals surface area contributed by atoms with E-state index in [0.29, 0.717) is 25.0 Å². The average molecular weight is 427 g/mol. The number of hydrogen-bond acceptors (Lipinski definition) is 4. The largest absolute Gasteiger partial charge is 0.486 e. The van der Waals surface area contributed by atoms with Crippen molar-refractivity contribution in [2.24, 2.45) is 29.1 Å². The van der Waals surface area contributed by atoms with Crippen molar-refractivity contribution in [3.8, 4) is 11.5 Å². The topological polar surface area (TPSA) is 59.6 Å². The van der Waals surface area contributed by atoms with Crippen molar-refractivity contribution >= 4 is 5.91 Å².